The third-order valence-corrected chi connectivity index (χ3v) is 3.25. The molecule has 0 saturated carbocycles. The van der Waals surface area contributed by atoms with E-state index in [0.717, 1.165) is 6.42 Å². The molecule has 1 N–H and O–H groups in total. The molecule has 1 amide bonds. The lowest BCUT2D eigenvalue weighted by atomic mass is 10.0. The van der Waals surface area contributed by atoms with Crippen LogP contribution in [0, 0.1) is 5.92 Å². The first-order valence-corrected chi connectivity index (χ1v) is 7.05. The van der Waals surface area contributed by atoms with Gasteiger partial charge in [0.1, 0.15) is 0 Å². The molecule has 0 bridgehead atoms. The second-order valence-electron chi connectivity index (χ2n) is 4.42. The van der Waals surface area contributed by atoms with Gasteiger partial charge in [-0.15, -0.1) is 0 Å². The quantitative estimate of drug-likeness (QED) is 0.735. The van der Waals surface area contributed by atoms with Gasteiger partial charge in [0, 0.05) is 29.4 Å². The molecular formula is C10H20N2O2S. The van der Waals surface area contributed by atoms with Gasteiger partial charge in [0.15, 0.2) is 0 Å². The number of amides is 1. The van der Waals surface area contributed by atoms with Crippen LogP contribution in [0.1, 0.15) is 20.3 Å². The van der Waals surface area contributed by atoms with Gasteiger partial charge in [-0.1, -0.05) is 13.8 Å². The largest absolute Gasteiger partial charge is 0.328 e. The maximum absolute atomic E-state index is 11.8. The molecule has 2 atom stereocenters. The summed E-state index contributed by atoms with van der Waals surface area (Å²) < 4.78 is 10.9. The molecule has 4 nitrogen and oxygen atoms in total. The van der Waals surface area contributed by atoms with Crippen molar-refractivity contribution in [3.63, 3.8) is 0 Å². The number of hydrogen-bond donors (Lipinski definition) is 1. The van der Waals surface area contributed by atoms with Crippen molar-refractivity contribution in [3.05, 3.63) is 0 Å². The Balaban J connectivity index is 2.38. The lowest BCUT2D eigenvalue weighted by Gasteiger charge is -2.15. The molecule has 15 heavy (non-hydrogen) atoms. The minimum Gasteiger partial charge on any atom is -0.328 e. The molecule has 1 aliphatic heterocycles. The van der Waals surface area contributed by atoms with Crippen molar-refractivity contribution in [1.82, 2.24) is 10.2 Å². The topological polar surface area (TPSA) is 49.4 Å². The monoisotopic (exact) mass is 232 g/mol. The molecule has 1 rings (SSSR count). The molecule has 0 aromatic carbocycles. The van der Waals surface area contributed by atoms with E-state index in [-0.39, 0.29) is 11.9 Å². The van der Waals surface area contributed by atoms with Crippen molar-refractivity contribution in [2.45, 2.75) is 26.3 Å². The maximum atomic E-state index is 11.8. The highest BCUT2D eigenvalue weighted by Gasteiger charge is 2.30. The van der Waals surface area contributed by atoms with Crippen LogP contribution in [0.3, 0.4) is 0 Å². The summed E-state index contributed by atoms with van der Waals surface area (Å²) in [6, 6.07) is -0.0321. The van der Waals surface area contributed by atoms with Crippen molar-refractivity contribution >= 4 is 16.7 Å². The van der Waals surface area contributed by atoms with E-state index in [0.29, 0.717) is 24.9 Å². The molecule has 1 saturated heterocycles. The number of carbonyl (C=O) groups excluding carboxylic acids is 1. The Morgan fingerprint density at radius 3 is 2.80 bits per heavy atom. The molecule has 2 unspecified atom stereocenters. The first-order valence-electron chi connectivity index (χ1n) is 5.33. The summed E-state index contributed by atoms with van der Waals surface area (Å²) >= 11 is 0. The zero-order valence-electron chi connectivity index (χ0n) is 9.66. The van der Waals surface area contributed by atoms with Crippen molar-refractivity contribution in [2.75, 3.05) is 25.2 Å². The molecule has 5 heteroatoms. The van der Waals surface area contributed by atoms with Crippen molar-refractivity contribution in [1.29, 1.82) is 0 Å². The predicted octanol–water partition coefficient (Wildman–Crippen LogP) is 0.169. The van der Waals surface area contributed by atoms with Crippen LogP contribution in [0.5, 0.6) is 0 Å². The third-order valence-electron chi connectivity index (χ3n) is 2.49. The van der Waals surface area contributed by atoms with Crippen LogP contribution in [-0.4, -0.2) is 46.3 Å². The molecular weight excluding hydrogens is 212 g/mol. The Kier molecular flexibility index (Phi) is 4.73. The van der Waals surface area contributed by atoms with Crippen molar-refractivity contribution in [2.24, 2.45) is 5.92 Å². The molecule has 1 heterocycles. The van der Waals surface area contributed by atoms with Crippen LogP contribution < -0.4 is 5.32 Å². The highest BCUT2D eigenvalue weighted by atomic mass is 32.2. The number of nitrogens with one attached hydrogen (secondary N) is 1. The van der Waals surface area contributed by atoms with Crippen LogP contribution in [0.25, 0.3) is 0 Å². The Hall–Kier alpha value is -0.420. The highest BCUT2D eigenvalue weighted by Crippen LogP contribution is 2.12. The Bertz CT molecular complexity index is 256. The summed E-state index contributed by atoms with van der Waals surface area (Å²) in [5, 5.41) is 3.19. The molecule has 0 aromatic rings. The van der Waals surface area contributed by atoms with Crippen LogP contribution in [-0.2, 0) is 15.6 Å². The molecule has 0 spiro atoms. The number of hydrogen-bond acceptors (Lipinski definition) is 3. The van der Waals surface area contributed by atoms with Gasteiger partial charge in [-0.25, -0.2) is 0 Å². The SMILES string of the molecule is CC(C)CC1NCN(CCS(C)=O)C1=O. The van der Waals surface area contributed by atoms with Gasteiger partial charge >= 0.3 is 0 Å². The molecule has 1 aliphatic rings. The average molecular weight is 232 g/mol. The minimum absolute atomic E-state index is 0.0321. The standard InChI is InChI=1S/C10H20N2O2S/c1-8(2)6-9-10(13)12(7-11-9)4-5-15(3)14/h8-9,11H,4-7H2,1-3H3. The second-order valence-corrected chi connectivity index (χ2v) is 5.98. The van der Waals surface area contributed by atoms with E-state index in [1.807, 2.05) is 0 Å². The van der Waals surface area contributed by atoms with E-state index in [1.54, 1.807) is 11.2 Å². The van der Waals surface area contributed by atoms with E-state index >= 15 is 0 Å². The number of nitrogens with zero attached hydrogens (tertiary/aromatic N) is 1. The van der Waals surface area contributed by atoms with Gasteiger partial charge in [-0.05, 0) is 12.3 Å². The fourth-order valence-corrected chi connectivity index (χ4v) is 2.17. The Morgan fingerprint density at radius 2 is 2.27 bits per heavy atom. The van der Waals surface area contributed by atoms with Crippen molar-refractivity contribution < 1.29 is 9.00 Å². The zero-order chi connectivity index (χ0) is 11.4. The van der Waals surface area contributed by atoms with Gasteiger partial charge in [0.2, 0.25) is 5.91 Å². The van der Waals surface area contributed by atoms with Crippen LogP contribution in [0.2, 0.25) is 0 Å². The van der Waals surface area contributed by atoms with E-state index in [9.17, 15) is 9.00 Å². The van der Waals surface area contributed by atoms with Crippen LogP contribution in [0.4, 0.5) is 0 Å². The smallest absolute Gasteiger partial charge is 0.240 e. The normalized spacial score (nSPS) is 23.9. The first kappa shape index (κ1) is 12.6. The summed E-state index contributed by atoms with van der Waals surface area (Å²) in [4.78, 5) is 13.6. The molecule has 1 fully saturated rings. The van der Waals surface area contributed by atoms with Gasteiger partial charge in [-0.3, -0.25) is 14.3 Å². The second kappa shape index (κ2) is 5.61. The van der Waals surface area contributed by atoms with Gasteiger partial charge in [-0.2, -0.15) is 0 Å². The van der Waals surface area contributed by atoms with Crippen LogP contribution in [0.15, 0.2) is 0 Å². The first-order chi connectivity index (χ1) is 7.00. The minimum atomic E-state index is -0.820. The fourth-order valence-electron chi connectivity index (χ4n) is 1.69. The predicted molar refractivity (Wildman–Crippen MR) is 61.9 cm³/mol. The van der Waals surface area contributed by atoms with E-state index in [2.05, 4.69) is 19.2 Å². The summed E-state index contributed by atoms with van der Waals surface area (Å²) in [5.41, 5.74) is 0. The van der Waals surface area contributed by atoms with E-state index in [1.165, 1.54) is 0 Å². The van der Waals surface area contributed by atoms with E-state index < -0.39 is 10.8 Å². The lowest BCUT2D eigenvalue weighted by molar-refractivity contribution is -0.128. The van der Waals surface area contributed by atoms with Crippen LogP contribution >= 0.6 is 0 Å². The molecule has 0 aliphatic carbocycles. The summed E-state index contributed by atoms with van der Waals surface area (Å²) in [6.45, 7) is 5.42. The third kappa shape index (κ3) is 3.91. The summed E-state index contributed by atoms with van der Waals surface area (Å²) in [7, 11) is -0.820. The molecule has 0 aromatic heterocycles. The van der Waals surface area contributed by atoms with Gasteiger partial charge in [0.25, 0.3) is 0 Å². The summed E-state index contributed by atoms with van der Waals surface area (Å²) in [6.07, 6.45) is 2.55. The maximum Gasteiger partial charge on any atom is 0.240 e. The average Bonchev–Trinajstić information content (AvgIpc) is 2.44. The Labute approximate surface area is 93.9 Å². The summed E-state index contributed by atoms with van der Waals surface area (Å²) in [5.74, 6) is 1.25. The number of carbonyl (C=O) groups is 1. The molecule has 88 valence electrons. The Morgan fingerprint density at radius 1 is 1.60 bits per heavy atom. The fraction of sp³-hybridized carbons (Fsp3) is 0.900. The van der Waals surface area contributed by atoms with Crippen molar-refractivity contribution in [3.8, 4) is 0 Å². The zero-order valence-corrected chi connectivity index (χ0v) is 10.5. The van der Waals surface area contributed by atoms with Gasteiger partial charge < -0.3 is 4.90 Å². The van der Waals surface area contributed by atoms with Gasteiger partial charge in [0.05, 0.1) is 12.7 Å². The highest BCUT2D eigenvalue weighted by molar-refractivity contribution is 7.84. The number of rotatable bonds is 5. The lowest BCUT2D eigenvalue weighted by Crippen LogP contribution is -2.33. The van der Waals surface area contributed by atoms with E-state index in [4.69, 9.17) is 0 Å². The molecule has 0 radical (unpaired) electrons.